The first-order valence-corrected chi connectivity index (χ1v) is 6.92. The number of rotatable bonds is 2. The van der Waals surface area contributed by atoms with E-state index >= 15 is 0 Å². The molecule has 0 radical (unpaired) electrons. The number of fused-ring (bicyclic) bond motifs is 2. The summed E-state index contributed by atoms with van der Waals surface area (Å²) in [6, 6.07) is -0.0472. The van der Waals surface area contributed by atoms with Gasteiger partial charge in [-0.2, -0.15) is 0 Å². The Morgan fingerprint density at radius 3 is 2.74 bits per heavy atom. The predicted molar refractivity (Wildman–Crippen MR) is 66.8 cm³/mol. The second-order valence-electron chi connectivity index (χ2n) is 6.20. The molecule has 4 atom stereocenters. The SMILES string of the molecule is CC1(C(=O)O)CCN(C(=O)NC2CC3CCC2O3)C1. The van der Waals surface area contributed by atoms with Gasteiger partial charge in [0.05, 0.1) is 23.7 Å². The molecule has 0 aromatic rings. The Balaban J connectivity index is 1.56. The molecule has 106 valence electrons. The molecule has 0 aliphatic carbocycles. The first-order chi connectivity index (χ1) is 8.98. The van der Waals surface area contributed by atoms with Crippen LogP contribution < -0.4 is 5.32 Å². The second-order valence-corrected chi connectivity index (χ2v) is 6.20. The lowest BCUT2D eigenvalue weighted by Crippen LogP contribution is -2.48. The fraction of sp³-hybridized carbons (Fsp3) is 0.846. The number of carboxylic acid groups (broad SMARTS) is 1. The Labute approximate surface area is 112 Å². The summed E-state index contributed by atoms with van der Waals surface area (Å²) in [5, 5.41) is 12.2. The van der Waals surface area contributed by atoms with Crippen LogP contribution in [0.2, 0.25) is 0 Å². The van der Waals surface area contributed by atoms with E-state index in [0.29, 0.717) is 19.1 Å². The number of hydrogen-bond donors (Lipinski definition) is 2. The highest BCUT2D eigenvalue weighted by molar-refractivity contribution is 5.79. The number of nitrogens with zero attached hydrogens (tertiary/aromatic N) is 1. The molecular formula is C13H20N2O4. The standard InChI is InChI=1S/C13H20N2O4/c1-13(11(16)17)4-5-15(7-13)12(18)14-9-6-8-2-3-10(9)19-8/h8-10H,2-7H2,1H3,(H,14,18)(H,16,17). The molecule has 0 spiro atoms. The Morgan fingerprint density at radius 1 is 1.42 bits per heavy atom. The van der Waals surface area contributed by atoms with E-state index in [-0.39, 0.29) is 24.7 Å². The number of carbonyl (C=O) groups excluding carboxylic acids is 1. The molecule has 3 saturated heterocycles. The van der Waals surface area contributed by atoms with E-state index in [0.717, 1.165) is 19.3 Å². The van der Waals surface area contributed by atoms with Gasteiger partial charge in [-0.05, 0) is 32.6 Å². The molecule has 0 aromatic heterocycles. The Kier molecular flexibility index (Phi) is 2.92. The number of likely N-dealkylation sites (tertiary alicyclic amines) is 1. The quantitative estimate of drug-likeness (QED) is 0.777. The predicted octanol–water partition coefficient (Wildman–Crippen LogP) is 0.812. The number of urea groups is 1. The summed E-state index contributed by atoms with van der Waals surface area (Å²) >= 11 is 0. The topological polar surface area (TPSA) is 78.9 Å². The van der Waals surface area contributed by atoms with Crippen LogP contribution in [-0.4, -0.2) is 53.3 Å². The summed E-state index contributed by atoms with van der Waals surface area (Å²) in [5.41, 5.74) is -0.803. The number of carboxylic acids is 1. The highest BCUT2D eigenvalue weighted by Gasteiger charge is 2.45. The van der Waals surface area contributed by atoms with Crippen LogP contribution in [0.5, 0.6) is 0 Å². The average Bonchev–Trinajstić information content (AvgIpc) is 3.04. The number of ether oxygens (including phenoxy) is 1. The first kappa shape index (κ1) is 12.7. The van der Waals surface area contributed by atoms with Crippen LogP contribution in [0.3, 0.4) is 0 Å². The molecule has 3 aliphatic rings. The zero-order valence-electron chi connectivity index (χ0n) is 11.1. The third kappa shape index (κ3) is 2.18. The van der Waals surface area contributed by atoms with Crippen molar-refractivity contribution in [3.63, 3.8) is 0 Å². The minimum atomic E-state index is -0.828. The molecule has 0 aromatic carbocycles. The van der Waals surface area contributed by atoms with Crippen molar-refractivity contribution in [3.05, 3.63) is 0 Å². The average molecular weight is 268 g/mol. The molecule has 6 nitrogen and oxygen atoms in total. The lowest BCUT2D eigenvalue weighted by Gasteiger charge is -2.25. The van der Waals surface area contributed by atoms with Gasteiger partial charge in [-0.1, -0.05) is 0 Å². The molecule has 3 aliphatic heterocycles. The van der Waals surface area contributed by atoms with Crippen LogP contribution in [-0.2, 0) is 9.53 Å². The number of aliphatic carboxylic acids is 1. The molecular weight excluding hydrogens is 248 g/mol. The van der Waals surface area contributed by atoms with E-state index in [4.69, 9.17) is 9.84 Å². The van der Waals surface area contributed by atoms with Gasteiger partial charge in [0.2, 0.25) is 0 Å². The van der Waals surface area contributed by atoms with E-state index in [9.17, 15) is 9.59 Å². The zero-order valence-corrected chi connectivity index (χ0v) is 11.1. The van der Waals surface area contributed by atoms with Gasteiger partial charge in [0.25, 0.3) is 0 Å². The number of hydrogen-bond acceptors (Lipinski definition) is 3. The van der Waals surface area contributed by atoms with E-state index < -0.39 is 11.4 Å². The summed E-state index contributed by atoms with van der Waals surface area (Å²) in [7, 11) is 0. The minimum Gasteiger partial charge on any atom is -0.481 e. The van der Waals surface area contributed by atoms with Crippen molar-refractivity contribution >= 4 is 12.0 Å². The molecule has 0 saturated carbocycles. The van der Waals surface area contributed by atoms with Crippen molar-refractivity contribution in [2.75, 3.05) is 13.1 Å². The van der Waals surface area contributed by atoms with Gasteiger partial charge in [-0.3, -0.25) is 4.79 Å². The third-order valence-corrected chi connectivity index (χ3v) is 4.69. The second kappa shape index (κ2) is 4.37. The van der Waals surface area contributed by atoms with Crippen molar-refractivity contribution in [1.29, 1.82) is 0 Å². The van der Waals surface area contributed by atoms with Crippen molar-refractivity contribution in [2.45, 2.75) is 50.9 Å². The van der Waals surface area contributed by atoms with Crippen LogP contribution in [0.25, 0.3) is 0 Å². The van der Waals surface area contributed by atoms with E-state index in [1.54, 1.807) is 11.8 Å². The van der Waals surface area contributed by atoms with Crippen molar-refractivity contribution in [2.24, 2.45) is 5.41 Å². The Bertz CT molecular complexity index is 413. The molecule has 3 fully saturated rings. The fourth-order valence-electron chi connectivity index (χ4n) is 3.35. The number of nitrogens with one attached hydrogen (secondary N) is 1. The molecule has 2 amide bonds. The molecule has 6 heteroatoms. The van der Waals surface area contributed by atoms with E-state index in [1.807, 2.05) is 0 Å². The minimum absolute atomic E-state index is 0.0999. The largest absolute Gasteiger partial charge is 0.481 e. The molecule has 3 rings (SSSR count). The first-order valence-electron chi connectivity index (χ1n) is 6.92. The van der Waals surface area contributed by atoms with Crippen molar-refractivity contribution in [3.8, 4) is 0 Å². The van der Waals surface area contributed by atoms with Gasteiger partial charge < -0.3 is 20.1 Å². The maximum atomic E-state index is 12.2. The zero-order chi connectivity index (χ0) is 13.6. The highest BCUT2D eigenvalue weighted by atomic mass is 16.5. The van der Waals surface area contributed by atoms with Gasteiger partial charge in [-0.25, -0.2) is 4.79 Å². The summed E-state index contributed by atoms with van der Waals surface area (Å²) in [5.74, 6) is -0.828. The summed E-state index contributed by atoms with van der Waals surface area (Å²) in [4.78, 5) is 24.9. The highest BCUT2D eigenvalue weighted by Crippen LogP contribution is 2.35. The lowest BCUT2D eigenvalue weighted by molar-refractivity contribution is -0.147. The van der Waals surface area contributed by atoms with Crippen molar-refractivity contribution < 1.29 is 19.4 Å². The van der Waals surface area contributed by atoms with Crippen molar-refractivity contribution in [1.82, 2.24) is 10.2 Å². The maximum Gasteiger partial charge on any atom is 0.317 e. The van der Waals surface area contributed by atoms with Crippen LogP contribution in [0.4, 0.5) is 4.79 Å². The summed E-state index contributed by atoms with van der Waals surface area (Å²) in [6.45, 7) is 2.50. The molecule has 2 bridgehead atoms. The number of carbonyl (C=O) groups is 2. The van der Waals surface area contributed by atoms with Gasteiger partial charge in [0.1, 0.15) is 0 Å². The van der Waals surface area contributed by atoms with Crippen LogP contribution >= 0.6 is 0 Å². The smallest absolute Gasteiger partial charge is 0.317 e. The molecule has 2 N–H and O–H groups in total. The maximum absolute atomic E-state index is 12.2. The lowest BCUT2D eigenvalue weighted by atomic mass is 9.90. The molecule has 4 unspecified atom stereocenters. The summed E-state index contributed by atoms with van der Waals surface area (Å²) in [6.07, 6.45) is 3.98. The summed E-state index contributed by atoms with van der Waals surface area (Å²) < 4.78 is 5.70. The van der Waals surface area contributed by atoms with Gasteiger partial charge in [0, 0.05) is 13.1 Å². The Morgan fingerprint density at radius 2 is 2.21 bits per heavy atom. The van der Waals surface area contributed by atoms with Gasteiger partial charge >= 0.3 is 12.0 Å². The van der Waals surface area contributed by atoms with Crippen LogP contribution in [0, 0.1) is 5.41 Å². The third-order valence-electron chi connectivity index (χ3n) is 4.69. The van der Waals surface area contributed by atoms with Gasteiger partial charge in [0.15, 0.2) is 0 Å². The molecule has 3 heterocycles. The van der Waals surface area contributed by atoms with Crippen LogP contribution in [0.1, 0.15) is 32.6 Å². The van der Waals surface area contributed by atoms with Crippen LogP contribution in [0.15, 0.2) is 0 Å². The Hall–Kier alpha value is -1.30. The van der Waals surface area contributed by atoms with E-state index in [1.165, 1.54) is 0 Å². The monoisotopic (exact) mass is 268 g/mol. The van der Waals surface area contributed by atoms with E-state index in [2.05, 4.69) is 5.32 Å². The fourth-order valence-corrected chi connectivity index (χ4v) is 3.35. The normalized spacial score (nSPS) is 40.7. The van der Waals surface area contributed by atoms with Gasteiger partial charge in [-0.15, -0.1) is 0 Å². The number of amides is 2. The molecule has 19 heavy (non-hydrogen) atoms.